The summed E-state index contributed by atoms with van der Waals surface area (Å²) in [6.07, 6.45) is 0.865. The number of halogens is 1. The third-order valence-corrected chi connectivity index (χ3v) is 3.71. The second-order valence-electron chi connectivity index (χ2n) is 4.94. The predicted molar refractivity (Wildman–Crippen MR) is 86.1 cm³/mol. The summed E-state index contributed by atoms with van der Waals surface area (Å²) in [5, 5.41) is 15.3. The first-order chi connectivity index (χ1) is 11.0. The number of amides is 2. The van der Waals surface area contributed by atoms with Gasteiger partial charge in [-0.05, 0) is 43.2 Å². The van der Waals surface area contributed by atoms with Crippen molar-refractivity contribution in [1.29, 1.82) is 0 Å². The number of hydrogen-bond donors (Lipinski definition) is 3. The molecule has 0 saturated carbocycles. The Bertz CT molecular complexity index is 685. The van der Waals surface area contributed by atoms with Crippen molar-refractivity contribution in [3.8, 4) is 0 Å². The molecule has 0 fully saturated rings. The lowest BCUT2D eigenvalue weighted by Crippen LogP contribution is -2.36. The van der Waals surface area contributed by atoms with Crippen molar-refractivity contribution in [2.24, 2.45) is 0 Å². The van der Waals surface area contributed by atoms with E-state index in [-0.39, 0.29) is 13.0 Å². The fourth-order valence-corrected chi connectivity index (χ4v) is 2.12. The number of rotatable bonds is 5. The largest absolute Gasteiger partial charge is 0.467 e. The molecule has 0 bridgehead atoms. The Labute approximate surface area is 138 Å². The molecule has 7 heteroatoms. The average molecular weight is 337 g/mol. The maximum atomic E-state index is 11.8. The first kappa shape index (κ1) is 17.1. The molecule has 122 valence electrons. The van der Waals surface area contributed by atoms with Crippen LogP contribution in [0.3, 0.4) is 0 Å². The number of carbonyl (C=O) groups excluding carboxylic acids is 2. The van der Waals surface area contributed by atoms with Crippen LogP contribution in [0, 0.1) is 6.92 Å². The van der Waals surface area contributed by atoms with Crippen LogP contribution >= 0.6 is 11.6 Å². The summed E-state index contributed by atoms with van der Waals surface area (Å²) in [6, 6.07) is 8.34. The van der Waals surface area contributed by atoms with Gasteiger partial charge in [0.25, 0.3) is 0 Å². The minimum atomic E-state index is -0.830. The number of furan rings is 1. The maximum absolute atomic E-state index is 11.8. The quantitative estimate of drug-likeness (QED) is 0.731. The molecule has 2 rings (SSSR count). The zero-order valence-electron chi connectivity index (χ0n) is 12.5. The lowest BCUT2D eigenvalue weighted by Gasteiger charge is -2.11. The minimum absolute atomic E-state index is 0.142. The smallest absolute Gasteiger partial charge is 0.313 e. The number of nitrogens with one attached hydrogen (secondary N) is 2. The van der Waals surface area contributed by atoms with E-state index in [1.807, 2.05) is 0 Å². The summed E-state index contributed by atoms with van der Waals surface area (Å²) in [4.78, 5) is 23.6. The van der Waals surface area contributed by atoms with E-state index in [1.54, 1.807) is 37.3 Å². The van der Waals surface area contributed by atoms with Crippen molar-refractivity contribution in [2.45, 2.75) is 19.4 Å². The fraction of sp³-hybridized carbons (Fsp3) is 0.250. The van der Waals surface area contributed by atoms with E-state index < -0.39 is 17.9 Å². The van der Waals surface area contributed by atoms with E-state index in [9.17, 15) is 14.7 Å². The van der Waals surface area contributed by atoms with Crippen LogP contribution in [-0.2, 0) is 9.59 Å². The second-order valence-corrected chi connectivity index (χ2v) is 5.35. The van der Waals surface area contributed by atoms with E-state index in [4.69, 9.17) is 16.0 Å². The van der Waals surface area contributed by atoms with E-state index in [1.165, 1.54) is 6.26 Å². The molecule has 0 radical (unpaired) electrons. The lowest BCUT2D eigenvalue weighted by atomic mass is 10.2. The highest BCUT2D eigenvalue weighted by atomic mass is 35.5. The standard InChI is InChI=1S/C16H17ClN2O4/c1-10-11(17)4-2-5-12(10)19-16(22)15(21)18-8-7-13(20)14-6-3-9-23-14/h2-6,9,13,20H,7-8H2,1H3,(H,18,21)(H,19,22). The first-order valence-corrected chi connectivity index (χ1v) is 7.42. The van der Waals surface area contributed by atoms with Crippen molar-refractivity contribution in [1.82, 2.24) is 5.32 Å². The zero-order valence-corrected chi connectivity index (χ0v) is 13.3. The van der Waals surface area contributed by atoms with Gasteiger partial charge in [0.1, 0.15) is 11.9 Å². The number of anilines is 1. The molecular formula is C16H17ClN2O4. The van der Waals surface area contributed by atoms with Gasteiger partial charge in [0.15, 0.2) is 0 Å². The monoisotopic (exact) mass is 336 g/mol. The lowest BCUT2D eigenvalue weighted by molar-refractivity contribution is -0.136. The Morgan fingerprint density at radius 1 is 1.26 bits per heavy atom. The Morgan fingerprint density at radius 2 is 2.04 bits per heavy atom. The summed E-state index contributed by atoms with van der Waals surface area (Å²) < 4.78 is 5.05. The van der Waals surface area contributed by atoms with Crippen LogP contribution in [0.4, 0.5) is 5.69 Å². The normalized spacial score (nSPS) is 11.8. The van der Waals surface area contributed by atoms with Crippen LogP contribution in [0.2, 0.25) is 5.02 Å². The van der Waals surface area contributed by atoms with Gasteiger partial charge in [0, 0.05) is 17.3 Å². The molecule has 1 aromatic carbocycles. The molecule has 0 spiro atoms. The number of aliphatic hydroxyl groups is 1. The van der Waals surface area contributed by atoms with Crippen LogP contribution in [0.15, 0.2) is 41.0 Å². The SMILES string of the molecule is Cc1c(Cl)cccc1NC(=O)C(=O)NCCC(O)c1ccco1. The predicted octanol–water partition coefficient (Wildman–Crippen LogP) is 2.42. The van der Waals surface area contributed by atoms with Gasteiger partial charge in [-0.3, -0.25) is 9.59 Å². The highest BCUT2D eigenvalue weighted by Crippen LogP contribution is 2.22. The molecule has 1 atom stereocenters. The van der Waals surface area contributed by atoms with Gasteiger partial charge < -0.3 is 20.2 Å². The zero-order chi connectivity index (χ0) is 16.8. The summed E-state index contributed by atoms with van der Waals surface area (Å²) in [5.41, 5.74) is 1.16. The third kappa shape index (κ3) is 4.58. The number of carbonyl (C=O) groups is 2. The second kappa shape index (κ2) is 7.80. The van der Waals surface area contributed by atoms with Crippen molar-refractivity contribution in [3.05, 3.63) is 52.9 Å². The molecule has 1 heterocycles. The summed E-state index contributed by atoms with van der Waals surface area (Å²) >= 11 is 5.96. The molecule has 0 aliphatic carbocycles. The highest BCUT2D eigenvalue weighted by Gasteiger charge is 2.16. The van der Waals surface area contributed by atoms with Crippen LogP contribution in [0.1, 0.15) is 23.8 Å². The molecule has 1 aromatic heterocycles. The van der Waals surface area contributed by atoms with Crippen LogP contribution in [0.5, 0.6) is 0 Å². The van der Waals surface area contributed by atoms with Crippen molar-refractivity contribution < 1.29 is 19.1 Å². The Hall–Kier alpha value is -2.31. The van der Waals surface area contributed by atoms with Crippen LogP contribution in [-0.4, -0.2) is 23.5 Å². The van der Waals surface area contributed by atoms with Crippen molar-refractivity contribution in [3.63, 3.8) is 0 Å². The maximum Gasteiger partial charge on any atom is 0.313 e. The molecule has 23 heavy (non-hydrogen) atoms. The summed E-state index contributed by atoms with van der Waals surface area (Å²) in [6.45, 7) is 1.89. The molecule has 0 aliphatic heterocycles. The van der Waals surface area contributed by atoms with Gasteiger partial charge in [-0.15, -0.1) is 0 Å². The molecule has 1 unspecified atom stereocenters. The van der Waals surface area contributed by atoms with Gasteiger partial charge in [0.05, 0.1) is 6.26 Å². The van der Waals surface area contributed by atoms with E-state index in [0.717, 1.165) is 0 Å². The van der Waals surface area contributed by atoms with Gasteiger partial charge in [-0.25, -0.2) is 0 Å². The van der Waals surface area contributed by atoms with Crippen molar-refractivity contribution >= 4 is 29.1 Å². The fourth-order valence-electron chi connectivity index (χ4n) is 1.95. The first-order valence-electron chi connectivity index (χ1n) is 7.05. The molecular weight excluding hydrogens is 320 g/mol. The molecule has 0 aliphatic rings. The van der Waals surface area contributed by atoms with Crippen molar-refractivity contribution in [2.75, 3.05) is 11.9 Å². The van der Waals surface area contributed by atoms with E-state index in [2.05, 4.69) is 10.6 Å². The Kier molecular flexibility index (Phi) is 5.78. The third-order valence-electron chi connectivity index (χ3n) is 3.30. The van der Waals surface area contributed by atoms with Gasteiger partial charge in [0.2, 0.25) is 0 Å². The Morgan fingerprint density at radius 3 is 2.74 bits per heavy atom. The molecule has 3 N–H and O–H groups in total. The molecule has 6 nitrogen and oxygen atoms in total. The van der Waals surface area contributed by atoms with Crippen LogP contribution in [0.25, 0.3) is 0 Å². The Balaban J connectivity index is 1.81. The van der Waals surface area contributed by atoms with Crippen LogP contribution < -0.4 is 10.6 Å². The minimum Gasteiger partial charge on any atom is -0.467 e. The molecule has 0 saturated heterocycles. The number of hydrogen-bond acceptors (Lipinski definition) is 4. The van der Waals surface area contributed by atoms with Gasteiger partial charge in [-0.2, -0.15) is 0 Å². The van der Waals surface area contributed by atoms with Gasteiger partial charge >= 0.3 is 11.8 Å². The average Bonchev–Trinajstić information content (AvgIpc) is 3.06. The molecule has 2 amide bonds. The molecule has 2 aromatic rings. The topological polar surface area (TPSA) is 91.6 Å². The summed E-state index contributed by atoms with van der Waals surface area (Å²) in [5.74, 6) is -1.16. The summed E-state index contributed by atoms with van der Waals surface area (Å²) in [7, 11) is 0. The number of benzene rings is 1. The van der Waals surface area contributed by atoms with Gasteiger partial charge in [-0.1, -0.05) is 17.7 Å². The van der Waals surface area contributed by atoms with E-state index in [0.29, 0.717) is 22.0 Å². The highest BCUT2D eigenvalue weighted by molar-refractivity contribution is 6.40. The van der Waals surface area contributed by atoms with E-state index >= 15 is 0 Å². The number of aliphatic hydroxyl groups excluding tert-OH is 1.